The number of allylic oxidation sites excluding steroid dienone is 23. The van der Waals surface area contributed by atoms with E-state index in [9.17, 15) is 19.0 Å². The van der Waals surface area contributed by atoms with Gasteiger partial charge in [0.15, 0.2) is 0 Å². The normalized spacial score (nSPS) is 14.6. The van der Waals surface area contributed by atoms with Gasteiger partial charge in [0.2, 0.25) is 5.91 Å². The Hall–Kier alpha value is -4.11. The van der Waals surface area contributed by atoms with E-state index in [4.69, 9.17) is 13.8 Å². The third-order valence-corrected chi connectivity index (χ3v) is 14.0. The molecule has 0 aromatic rings. The first-order valence-corrected chi connectivity index (χ1v) is 33.2. The molecule has 2 N–H and O–H groups in total. The number of likely N-dealkylation sites (N-methyl/N-ethyl adjacent to an activating group) is 1. The molecule has 3 unspecified atom stereocenters. The van der Waals surface area contributed by atoms with Crippen molar-refractivity contribution < 1.29 is 37.3 Å². The van der Waals surface area contributed by atoms with Gasteiger partial charge in [0.25, 0.3) is 0 Å². The highest BCUT2D eigenvalue weighted by molar-refractivity contribution is 7.47. The molecule has 0 radical (unpaired) electrons. The quantitative estimate of drug-likeness (QED) is 0.0205. The Labute approximate surface area is 491 Å². The van der Waals surface area contributed by atoms with Crippen LogP contribution in [0, 0.1) is 0 Å². The molecule has 0 aromatic carbocycles. The Balaban J connectivity index is 5.32. The molecule has 10 heteroatoms. The number of nitrogens with zero attached hydrogens (tertiary/aromatic N) is 1. The van der Waals surface area contributed by atoms with Crippen LogP contribution in [0.3, 0.4) is 0 Å². The first kappa shape index (κ1) is 75.9. The Morgan fingerprint density at radius 2 is 0.812 bits per heavy atom. The van der Waals surface area contributed by atoms with Crippen LogP contribution >= 0.6 is 7.82 Å². The third kappa shape index (κ3) is 58.5. The number of unbranched alkanes of at least 4 members (excludes halogenated alkanes) is 17. The van der Waals surface area contributed by atoms with E-state index in [1.807, 2.05) is 33.3 Å². The first-order chi connectivity index (χ1) is 38.9. The van der Waals surface area contributed by atoms with Crippen molar-refractivity contribution in [1.29, 1.82) is 0 Å². The van der Waals surface area contributed by atoms with Gasteiger partial charge < -0.3 is 19.4 Å². The summed E-state index contributed by atoms with van der Waals surface area (Å²) in [5.74, 6) is -0.602. The molecular formula is C70H118N2O7P+. The molecule has 0 saturated carbocycles. The van der Waals surface area contributed by atoms with E-state index in [0.29, 0.717) is 30.3 Å². The van der Waals surface area contributed by atoms with E-state index in [1.54, 1.807) is 0 Å². The van der Waals surface area contributed by atoms with Gasteiger partial charge in [-0.1, -0.05) is 244 Å². The molecule has 80 heavy (non-hydrogen) atoms. The van der Waals surface area contributed by atoms with Crippen LogP contribution in [0.5, 0.6) is 0 Å². The highest BCUT2D eigenvalue weighted by Crippen LogP contribution is 2.43. The van der Waals surface area contributed by atoms with Crippen LogP contribution in [0.25, 0.3) is 0 Å². The number of hydrogen-bond donors (Lipinski definition) is 2. The number of esters is 1. The second kappa shape index (κ2) is 58.1. The van der Waals surface area contributed by atoms with Crippen LogP contribution in [-0.4, -0.2) is 74.3 Å². The zero-order chi connectivity index (χ0) is 58.6. The maximum Gasteiger partial charge on any atom is 0.472 e. The first-order valence-electron chi connectivity index (χ1n) is 31.7. The fraction of sp³-hybridized carbons (Fsp3) is 0.629. The van der Waals surface area contributed by atoms with E-state index in [1.165, 1.54) is 51.4 Å². The van der Waals surface area contributed by atoms with E-state index in [-0.39, 0.29) is 25.5 Å². The summed E-state index contributed by atoms with van der Waals surface area (Å²) < 4.78 is 30.6. The molecule has 0 bridgehead atoms. The predicted molar refractivity (Wildman–Crippen MR) is 346 cm³/mol. The maximum absolute atomic E-state index is 13.6. The predicted octanol–water partition coefficient (Wildman–Crippen LogP) is 19.8. The van der Waals surface area contributed by atoms with Crippen molar-refractivity contribution >= 4 is 19.7 Å². The number of phosphoric acid groups is 1. The number of phosphoric ester groups is 1. The average Bonchev–Trinajstić information content (AvgIpc) is 3.42. The van der Waals surface area contributed by atoms with Crippen molar-refractivity contribution in [1.82, 2.24) is 5.32 Å². The molecule has 1 amide bonds. The van der Waals surface area contributed by atoms with E-state index >= 15 is 0 Å². The molecule has 0 aliphatic carbocycles. The van der Waals surface area contributed by atoms with E-state index in [0.717, 1.165) is 135 Å². The Morgan fingerprint density at radius 3 is 1.23 bits per heavy atom. The zero-order valence-electron chi connectivity index (χ0n) is 51.8. The number of quaternary nitrogens is 1. The Bertz CT molecular complexity index is 1880. The molecule has 3 atom stereocenters. The van der Waals surface area contributed by atoms with Gasteiger partial charge in [-0.05, 0) is 122 Å². The molecule has 0 heterocycles. The number of carbonyl (C=O) groups is 2. The smallest absolute Gasteiger partial charge is 0.456 e. The Morgan fingerprint density at radius 1 is 0.450 bits per heavy atom. The van der Waals surface area contributed by atoms with Gasteiger partial charge in [0, 0.05) is 12.8 Å². The largest absolute Gasteiger partial charge is 0.472 e. The number of rotatable bonds is 55. The molecule has 0 aliphatic heterocycles. The SMILES string of the molecule is CC/C=C\C/C=C\C/C=C\C/C=C\C/C=C\C/C=C\CCCCCCCCC(=O)NC(COP(=O)(O)OCC[N+](C)(C)C)C(/C=C\CCCCCCCCCCCC)OC(=O)CCC/C=C\C/C=C\C/C=C\C/C=C\C/C=C\CC. The minimum absolute atomic E-state index is 0.0197. The van der Waals surface area contributed by atoms with Crippen LogP contribution in [0.2, 0.25) is 0 Å². The monoisotopic (exact) mass is 1130 g/mol. The Kier molecular flexibility index (Phi) is 55.1. The van der Waals surface area contributed by atoms with Crippen LogP contribution in [-0.2, 0) is 27.9 Å². The lowest BCUT2D eigenvalue weighted by molar-refractivity contribution is -0.870. The van der Waals surface area contributed by atoms with Gasteiger partial charge in [-0.25, -0.2) is 4.57 Å². The molecule has 0 aliphatic rings. The molecule has 0 saturated heterocycles. The lowest BCUT2D eigenvalue weighted by Crippen LogP contribution is -2.47. The lowest BCUT2D eigenvalue weighted by atomic mass is 10.0. The number of hydrogen-bond acceptors (Lipinski definition) is 6. The van der Waals surface area contributed by atoms with Crippen molar-refractivity contribution in [3.63, 3.8) is 0 Å². The summed E-state index contributed by atoms with van der Waals surface area (Å²) in [4.78, 5) is 37.7. The van der Waals surface area contributed by atoms with Crippen molar-refractivity contribution in [3.8, 4) is 0 Å². The zero-order valence-corrected chi connectivity index (χ0v) is 52.7. The maximum atomic E-state index is 13.6. The summed E-state index contributed by atoms with van der Waals surface area (Å²) >= 11 is 0. The molecule has 9 nitrogen and oxygen atoms in total. The highest BCUT2D eigenvalue weighted by Gasteiger charge is 2.30. The minimum Gasteiger partial charge on any atom is -0.456 e. The lowest BCUT2D eigenvalue weighted by Gasteiger charge is -2.27. The highest BCUT2D eigenvalue weighted by atomic mass is 31.2. The summed E-state index contributed by atoms with van der Waals surface area (Å²) in [7, 11) is 1.43. The fourth-order valence-electron chi connectivity index (χ4n) is 8.21. The number of amides is 1. The number of ether oxygens (including phenoxy) is 1. The second-order valence-electron chi connectivity index (χ2n) is 21.8. The van der Waals surface area contributed by atoms with Crippen molar-refractivity contribution in [2.75, 3.05) is 40.9 Å². The van der Waals surface area contributed by atoms with E-state index < -0.39 is 25.9 Å². The molecule has 454 valence electrons. The van der Waals surface area contributed by atoms with Gasteiger partial charge in [-0.2, -0.15) is 0 Å². The molecule has 0 rings (SSSR count). The van der Waals surface area contributed by atoms with Crippen LogP contribution in [0.15, 0.2) is 146 Å². The van der Waals surface area contributed by atoms with Crippen LogP contribution < -0.4 is 5.32 Å². The summed E-state index contributed by atoms with van der Waals surface area (Å²) in [6.07, 6.45) is 84.3. The van der Waals surface area contributed by atoms with Gasteiger partial charge >= 0.3 is 13.8 Å². The third-order valence-electron chi connectivity index (χ3n) is 13.0. The molecule has 0 spiro atoms. The average molecular weight is 1130 g/mol. The van der Waals surface area contributed by atoms with Crippen molar-refractivity contribution in [2.24, 2.45) is 0 Å². The number of nitrogens with one attached hydrogen (secondary N) is 1. The summed E-state index contributed by atoms with van der Waals surface area (Å²) in [6, 6.07) is -0.891. The van der Waals surface area contributed by atoms with Gasteiger partial charge in [0.05, 0.1) is 33.8 Å². The standard InChI is InChI=1S/C70H117N2O7P/c1-7-10-13-16-19-22-25-28-30-32-33-34-35-36-37-38-39-41-42-44-47-50-53-56-59-62-69(73)71-67(66-78-80(75,76)77-65-64-72(4,5)6)68(61-58-55-52-49-46-27-24-21-18-15-12-9-3)79-70(74)63-60-57-54-51-48-45-43-40-31-29-26-23-20-17-14-11-8-2/h10-11,13-14,19-20,22-23,28-31,33-34,36-37,39,41,43,45,51,54,58,61,67-68H,7-9,12,15-18,21,24-27,32,35,38,40,42,44,46-50,52-53,55-57,59-60,62-66H2,1-6H3,(H-,71,73,75,76)/p+1/b13-10-,14-11-,22-19-,23-20-,30-28-,31-29-,34-33-,37-36-,41-39-,45-43-,54-51-,61-58-. The van der Waals surface area contributed by atoms with Gasteiger partial charge in [0.1, 0.15) is 19.3 Å². The number of carbonyl (C=O) groups excluding carboxylic acids is 2. The van der Waals surface area contributed by atoms with Crippen molar-refractivity contribution in [2.45, 2.75) is 245 Å². The molecule has 0 fully saturated rings. The van der Waals surface area contributed by atoms with Gasteiger partial charge in [-0.3, -0.25) is 18.6 Å². The summed E-state index contributed by atoms with van der Waals surface area (Å²) in [5.41, 5.74) is 0. The molecule has 0 aromatic heterocycles. The topological polar surface area (TPSA) is 111 Å². The van der Waals surface area contributed by atoms with Crippen molar-refractivity contribution in [3.05, 3.63) is 146 Å². The minimum atomic E-state index is -4.48. The molecular weight excluding hydrogens is 1010 g/mol. The van der Waals surface area contributed by atoms with E-state index in [2.05, 4.69) is 160 Å². The summed E-state index contributed by atoms with van der Waals surface area (Å²) in [6.45, 7) is 6.71. The van der Waals surface area contributed by atoms with Crippen LogP contribution in [0.1, 0.15) is 233 Å². The summed E-state index contributed by atoms with van der Waals surface area (Å²) in [5, 5.41) is 3.03. The fourth-order valence-corrected chi connectivity index (χ4v) is 8.95. The second-order valence-corrected chi connectivity index (χ2v) is 23.3. The van der Waals surface area contributed by atoms with Gasteiger partial charge in [-0.15, -0.1) is 0 Å². The van der Waals surface area contributed by atoms with Crippen LogP contribution in [0.4, 0.5) is 0 Å².